The summed E-state index contributed by atoms with van der Waals surface area (Å²) < 4.78 is 18.7. The van der Waals surface area contributed by atoms with E-state index in [9.17, 15) is 24.3 Å². The lowest BCUT2D eigenvalue weighted by Crippen LogP contribution is -2.56. The normalized spacial score (nSPS) is 32.9. The van der Waals surface area contributed by atoms with Gasteiger partial charge in [-0.15, -0.1) is 0 Å². The molecule has 5 aliphatic rings. The van der Waals surface area contributed by atoms with E-state index in [-0.39, 0.29) is 30.7 Å². The lowest BCUT2D eigenvalue weighted by molar-refractivity contribution is -0.164. The molecular weight excluding hydrogens is 640 g/mol. The summed E-state index contributed by atoms with van der Waals surface area (Å²) in [4.78, 5) is 64.5. The fraction of sp³-hybridized carbons (Fsp3) is 0.632. The van der Waals surface area contributed by atoms with Gasteiger partial charge in [-0.1, -0.05) is 67.5 Å². The third kappa shape index (κ3) is 7.26. The van der Waals surface area contributed by atoms with Gasteiger partial charge in [0.1, 0.15) is 23.7 Å². The van der Waals surface area contributed by atoms with Crippen LogP contribution in [-0.2, 0) is 33.4 Å². The Morgan fingerprint density at radius 2 is 1.68 bits per heavy atom. The van der Waals surface area contributed by atoms with Gasteiger partial charge in [0.2, 0.25) is 17.7 Å². The van der Waals surface area contributed by atoms with Crippen LogP contribution in [0.15, 0.2) is 54.6 Å². The van der Waals surface area contributed by atoms with Crippen molar-refractivity contribution in [2.24, 2.45) is 11.8 Å². The minimum absolute atomic E-state index is 0.0709. The summed E-state index contributed by atoms with van der Waals surface area (Å²) in [7, 11) is 1.72. The number of likely N-dealkylation sites (N-methyl/N-ethyl adjacent to an activating group) is 1. The van der Waals surface area contributed by atoms with Gasteiger partial charge in [-0.25, -0.2) is 0 Å². The predicted octanol–water partition coefficient (Wildman–Crippen LogP) is 2.33. The van der Waals surface area contributed by atoms with Crippen LogP contribution in [0.4, 0.5) is 0 Å². The van der Waals surface area contributed by atoms with Crippen molar-refractivity contribution in [1.29, 1.82) is 0 Å². The molecular formula is C38H52N4O8. The number of aliphatic hydroxyl groups excluding tert-OH is 1. The molecule has 6 rings (SSSR count). The quantitative estimate of drug-likeness (QED) is 0.223. The predicted molar refractivity (Wildman–Crippen MR) is 184 cm³/mol. The van der Waals surface area contributed by atoms with Crippen molar-refractivity contribution in [3.63, 3.8) is 0 Å². The van der Waals surface area contributed by atoms with Crippen molar-refractivity contribution in [3.05, 3.63) is 60.2 Å². The highest BCUT2D eigenvalue weighted by atomic mass is 16.6. The summed E-state index contributed by atoms with van der Waals surface area (Å²) in [5.41, 5.74) is -0.627. The van der Waals surface area contributed by atoms with E-state index in [1.165, 1.54) is 0 Å². The second-order valence-corrected chi connectivity index (χ2v) is 14.1. The third-order valence-corrected chi connectivity index (χ3v) is 11.1. The number of allylic oxidation sites excluding steroid dienone is 1. The number of likely N-dealkylation sites (tertiary alicyclic amines) is 1. The molecule has 12 heteroatoms. The molecule has 7 atom stereocenters. The van der Waals surface area contributed by atoms with Crippen molar-refractivity contribution in [2.75, 3.05) is 66.1 Å². The average Bonchev–Trinajstić information content (AvgIpc) is 3.52. The summed E-state index contributed by atoms with van der Waals surface area (Å²) in [5.74, 6) is -3.11. The van der Waals surface area contributed by atoms with Crippen molar-refractivity contribution in [1.82, 2.24) is 19.6 Å². The van der Waals surface area contributed by atoms with E-state index in [0.717, 1.165) is 31.5 Å². The zero-order valence-electron chi connectivity index (χ0n) is 29.4. The molecule has 3 amide bonds. The summed E-state index contributed by atoms with van der Waals surface area (Å²) in [5, 5.41) is 9.29. The number of hydrogen-bond donors (Lipinski definition) is 1. The number of amides is 3. The number of unbranched alkanes of at least 4 members (excludes halogenated alkanes) is 3. The second-order valence-electron chi connectivity index (χ2n) is 14.1. The maximum atomic E-state index is 14.7. The SMILES string of the molecule is C[C@@H]1[C@@H](c2ccccc2)OC(=O)[C@@H]2[C@H]3C(=O)N(CCCCCCO)[C@@H]4C(=O)N(CCN5CCOCC5)CC=C[C@]34O[C@@H]2/C=C\CCC(=O)N1C. The molecule has 5 heterocycles. The van der Waals surface area contributed by atoms with Crippen molar-refractivity contribution in [2.45, 2.75) is 75.3 Å². The molecule has 3 saturated heterocycles. The molecule has 1 N–H and O–H groups in total. The number of fused-ring (bicyclic) bond motifs is 2. The van der Waals surface area contributed by atoms with Gasteiger partial charge in [0.25, 0.3) is 0 Å². The van der Waals surface area contributed by atoms with E-state index in [1.54, 1.807) is 27.8 Å². The molecule has 1 aromatic rings. The smallest absolute Gasteiger partial charge is 0.313 e. The molecule has 0 radical (unpaired) electrons. The Bertz CT molecular complexity index is 1430. The zero-order chi connectivity index (χ0) is 35.3. The monoisotopic (exact) mass is 692 g/mol. The lowest BCUT2D eigenvalue weighted by Gasteiger charge is -2.36. The molecule has 12 nitrogen and oxygen atoms in total. The van der Waals surface area contributed by atoms with Gasteiger partial charge in [0, 0.05) is 59.3 Å². The molecule has 0 aliphatic carbocycles. The number of nitrogens with zero attached hydrogens (tertiary/aromatic N) is 4. The molecule has 272 valence electrons. The molecule has 1 aromatic carbocycles. The molecule has 5 aliphatic heterocycles. The van der Waals surface area contributed by atoms with Crippen LogP contribution in [0.5, 0.6) is 0 Å². The molecule has 0 unspecified atom stereocenters. The minimum Gasteiger partial charge on any atom is -0.455 e. The molecule has 0 aromatic heterocycles. The first-order valence-electron chi connectivity index (χ1n) is 18.3. The Balaban J connectivity index is 1.35. The summed E-state index contributed by atoms with van der Waals surface area (Å²) in [6, 6.07) is 7.93. The standard InChI is InChI=1S/C38H52N4O8/c1-27-33(28-13-6-5-7-14-28)49-37(47)31-29(15-8-9-16-30(44)39(27)2)50-38-17-12-18-41(21-20-40-22-25-48-26-23-40)36(46)34(38)42(35(45)32(31)38)19-10-3-4-11-24-43/h5-8,12-15,17,27,29,31-34,43H,3-4,9-11,16,18-26H2,1-2H3/b15-8-/t27-,29-,31+,32+,33+,34-,38+/m1/s1. The van der Waals surface area contributed by atoms with Crippen LogP contribution in [0.3, 0.4) is 0 Å². The van der Waals surface area contributed by atoms with E-state index >= 15 is 0 Å². The number of cyclic esters (lactones) is 1. The van der Waals surface area contributed by atoms with Gasteiger partial charge in [-0.05, 0) is 31.7 Å². The average molecular weight is 693 g/mol. The summed E-state index contributed by atoms with van der Waals surface area (Å²) in [6.07, 6.45) is 9.40. The van der Waals surface area contributed by atoms with Crippen molar-refractivity contribution in [3.8, 4) is 0 Å². The van der Waals surface area contributed by atoms with Gasteiger partial charge < -0.3 is 34.0 Å². The Kier molecular flexibility index (Phi) is 11.7. The van der Waals surface area contributed by atoms with E-state index < -0.39 is 47.7 Å². The number of ether oxygens (including phenoxy) is 3. The third-order valence-electron chi connectivity index (χ3n) is 11.1. The first kappa shape index (κ1) is 36.2. The fourth-order valence-electron chi connectivity index (χ4n) is 8.21. The van der Waals surface area contributed by atoms with Crippen LogP contribution >= 0.6 is 0 Å². The maximum Gasteiger partial charge on any atom is 0.313 e. The van der Waals surface area contributed by atoms with Gasteiger partial charge in [-0.2, -0.15) is 0 Å². The first-order chi connectivity index (χ1) is 24.3. The second kappa shape index (κ2) is 16.2. The van der Waals surface area contributed by atoms with Gasteiger partial charge in [0.15, 0.2) is 0 Å². The number of carbonyl (C=O) groups is 4. The lowest BCUT2D eigenvalue weighted by atomic mass is 9.77. The number of morpholine rings is 1. The van der Waals surface area contributed by atoms with Crippen LogP contribution in [-0.4, -0.2) is 138 Å². The highest BCUT2D eigenvalue weighted by Crippen LogP contribution is 2.53. The molecule has 50 heavy (non-hydrogen) atoms. The van der Waals surface area contributed by atoms with Crippen LogP contribution in [0, 0.1) is 11.8 Å². The molecule has 0 saturated carbocycles. The van der Waals surface area contributed by atoms with E-state index in [4.69, 9.17) is 14.2 Å². The molecule has 1 spiro atoms. The summed E-state index contributed by atoms with van der Waals surface area (Å²) in [6.45, 7) is 6.79. The van der Waals surface area contributed by atoms with Gasteiger partial charge in [-0.3, -0.25) is 24.1 Å². The van der Waals surface area contributed by atoms with Crippen LogP contribution < -0.4 is 0 Å². The van der Waals surface area contributed by atoms with Crippen LogP contribution in [0.25, 0.3) is 0 Å². The van der Waals surface area contributed by atoms with Crippen molar-refractivity contribution < 1.29 is 38.5 Å². The number of carbonyl (C=O) groups excluding carboxylic acids is 4. The van der Waals surface area contributed by atoms with E-state index in [2.05, 4.69) is 4.90 Å². The van der Waals surface area contributed by atoms with Crippen molar-refractivity contribution >= 4 is 23.7 Å². The highest BCUT2D eigenvalue weighted by Gasteiger charge is 2.71. The number of esters is 1. The van der Waals surface area contributed by atoms with Gasteiger partial charge in [0.05, 0.1) is 31.3 Å². The Morgan fingerprint density at radius 3 is 2.44 bits per heavy atom. The first-order valence-corrected chi connectivity index (χ1v) is 18.3. The molecule has 3 fully saturated rings. The van der Waals surface area contributed by atoms with Crippen LogP contribution in [0.1, 0.15) is 57.1 Å². The fourth-order valence-corrected chi connectivity index (χ4v) is 8.21. The van der Waals surface area contributed by atoms with E-state index in [0.29, 0.717) is 58.7 Å². The summed E-state index contributed by atoms with van der Waals surface area (Å²) >= 11 is 0. The Hall–Kier alpha value is -3.58. The maximum absolute atomic E-state index is 14.7. The number of aliphatic hydroxyl groups is 1. The number of hydrogen-bond acceptors (Lipinski definition) is 9. The zero-order valence-corrected chi connectivity index (χ0v) is 29.4. The Labute approximate surface area is 295 Å². The van der Waals surface area contributed by atoms with Crippen LogP contribution in [0.2, 0.25) is 0 Å². The minimum atomic E-state index is -1.37. The topological polar surface area (TPSA) is 129 Å². The van der Waals surface area contributed by atoms with E-state index in [1.807, 2.05) is 55.5 Å². The highest BCUT2D eigenvalue weighted by molar-refractivity contribution is 5.99. The number of rotatable bonds is 10. The Morgan fingerprint density at radius 1 is 0.920 bits per heavy atom. The molecule has 0 bridgehead atoms. The largest absolute Gasteiger partial charge is 0.455 e. The van der Waals surface area contributed by atoms with Gasteiger partial charge >= 0.3 is 5.97 Å². The number of benzene rings is 1.